The molecular formula is C23H22N2O4S. The van der Waals surface area contributed by atoms with Crippen molar-refractivity contribution in [3.63, 3.8) is 0 Å². The van der Waals surface area contributed by atoms with E-state index in [1.54, 1.807) is 5.38 Å². The first-order chi connectivity index (χ1) is 14.2. The molecule has 6 nitrogen and oxygen atoms in total. The van der Waals surface area contributed by atoms with E-state index in [1.807, 2.05) is 12.1 Å². The fourth-order valence-electron chi connectivity index (χ4n) is 2.77. The van der Waals surface area contributed by atoms with Crippen LogP contribution in [0.4, 0.5) is 0 Å². The zero-order valence-corrected chi connectivity index (χ0v) is 17.7. The van der Waals surface area contributed by atoms with E-state index in [4.69, 9.17) is 5.11 Å². The number of hydrogen-bond acceptors (Lipinski definition) is 5. The summed E-state index contributed by atoms with van der Waals surface area (Å²) in [7, 11) is 0. The first-order valence-corrected chi connectivity index (χ1v) is 10.1. The van der Waals surface area contributed by atoms with Crippen LogP contribution in [0.3, 0.4) is 0 Å². The van der Waals surface area contributed by atoms with Crippen molar-refractivity contribution in [2.45, 2.75) is 26.2 Å². The standard InChI is InChI=1S/C23H22N2O4S/c1-23(2,3)18-10-8-14(9-11-18)20-19(26)17(13-30-20)12-24-25-21(27)15-4-6-16(7-5-15)22(28)29/h4-13,26H,1-3H3,(H,25,27)(H,28,29)/b24-12+. The number of aromatic carboxylic acids is 1. The van der Waals surface area contributed by atoms with Gasteiger partial charge >= 0.3 is 5.97 Å². The Hall–Kier alpha value is -3.45. The molecule has 0 aliphatic heterocycles. The van der Waals surface area contributed by atoms with E-state index in [1.165, 1.54) is 47.4 Å². The molecule has 0 unspecified atom stereocenters. The second-order valence-corrected chi connectivity index (χ2v) is 8.66. The summed E-state index contributed by atoms with van der Waals surface area (Å²) in [6.45, 7) is 6.44. The number of aromatic hydroxyl groups is 1. The van der Waals surface area contributed by atoms with Gasteiger partial charge in [0.2, 0.25) is 0 Å². The van der Waals surface area contributed by atoms with Gasteiger partial charge in [-0.25, -0.2) is 10.2 Å². The Morgan fingerprint density at radius 2 is 1.60 bits per heavy atom. The predicted octanol–water partition coefficient (Wildman–Crippen LogP) is 4.88. The summed E-state index contributed by atoms with van der Waals surface area (Å²) in [4.78, 5) is 23.7. The topological polar surface area (TPSA) is 99.0 Å². The van der Waals surface area contributed by atoms with Crippen LogP contribution in [0.15, 0.2) is 59.0 Å². The molecule has 0 radical (unpaired) electrons. The van der Waals surface area contributed by atoms with E-state index in [0.29, 0.717) is 5.56 Å². The molecule has 3 aromatic rings. The molecule has 0 saturated heterocycles. The Balaban J connectivity index is 1.69. The van der Waals surface area contributed by atoms with Gasteiger partial charge in [-0.05, 0) is 40.8 Å². The Kier molecular flexibility index (Phi) is 6.03. The summed E-state index contributed by atoms with van der Waals surface area (Å²) in [5.41, 5.74) is 5.43. The monoisotopic (exact) mass is 422 g/mol. The quantitative estimate of drug-likeness (QED) is 0.403. The highest BCUT2D eigenvalue weighted by molar-refractivity contribution is 7.14. The molecule has 0 bridgehead atoms. The third kappa shape index (κ3) is 4.75. The molecule has 3 rings (SSSR count). The number of amides is 1. The summed E-state index contributed by atoms with van der Waals surface area (Å²) in [6, 6.07) is 13.6. The minimum atomic E-state index is -1.06. The van der Waals surface area contributed by atoms with Crippen molar-refractivity contribution in [3.8, 4) is 16.2 Å². The smallest absolute Gasteiger partial charge is 0.335 e. The summed E-state index contributed by atoms with van der Waals surface area (Å²) < 4.78 is 0. The number of hydrogen-bond donors (Lipinski definition) is 3. The second-order valence-electron chi connectivity index (χ2n) is 7.78. The lowest BCUT2D eigenvalue weighted by Gasteiger charge is -2.19. The number of thiophene rings is 1. The van der Waals surface area contributed by atoms with Gasteiger partial charge < -0.3 is 10.2 Å². The maximum absolute atomic E-state index is 12.1. The van der Waals surface area contributed by atoms with Gasteiger partial charge in [0.05, 0.1) is 16.7 Å². The minimum absolute atomic E-state index is 0.0556. The number of carboxylic acids is 1. The minimum Gasteiger partial charge on any atom is -0.506 e. The molecule has 0 aliphatic carbocycles. The van der Waals surface area contributed by atoms with Crippen molar-refractivity contribution in [1.82, 2.24) is 5.43 Å². The number of carboxylic acid groups (broad SMARTS) is 1. The van der Waals surface area contributed by atoms with Gasteiger partial charge in [-0.15, -0.1) is 11.3 Å². The molecule has 2 aromatic carbocycles. The predicted molar refractivity (Wildman–Crippen MR) is 119 cm³/mol. The Morgan fingerprint density at radius 1 is 1.00 bits per heavy atom. The number of carbonyl (C=O) groups is 2. The third-order valence-electron chi connectivity index (χ3n) is 4.57. The van der Waals surface area contributed by atoms with Crippen LogP contribution in [-0.2, 0) is 5.41 Å². The number of hydrazone groups is 1. The molecule has 0 fully saturated rings. The third-order valence-corrected chi connectivity index (χ3v) is 5.61. The average molecular weight is 423 g/mol. The van der Waals surface area contributed by atoms with Crippen molar-refractivity contribution in [3.05, 3.63) is 76.2 Å². The fourth-order valence-corrected chi connectivity index (χ4v) is 3.69. The molecule has 0 saturated carbocycles. The highest BCUT2D eigenvalue weighted by atomic mass is 32.1. The SMILES string of the molecule is CC(C)(C)c1ccc(-c2scc(/C=N/NC(=O)c3ccc(C(=O)O)cc3)c2O)cc1. The van der Waals surface area contributed by atoms with Crippen LogP contribution < -0.4 is 5.43 Å². The second kappa shape index (κ2) is 8.51. The van der Waals surface area contributed by atoms with E-state index in [0.717, 1.165) is 10.4 Å². The zero-order chi connectivity index (χ0) is 21.9. The lowest BCUT2D eigenvalue weighted by atomic mass is 9.86. The number of rotatable bonds is 5. The molecule has 3 N–H and O–H groups in total. The van der Waals surface area contributed by atoms with E-state index in [9.17, 15) is 14.7 Å². The van der Waals surface area contributed by atoms with E-state index in [-0.39, 0.29) is 22.3 Å². The van der Waals surface area contributed by atoms with Gasteiger partial charge in [0, 0.05) is 16.5 Å². The Morgan fingerprint density at radius 3 is 2.17 bits per heavy atom. The number of nitrogens with zero attached hydrogens (tertiary/aromatic N) is 1. The maximum Gasteiger partial charge on any atom is 0.335 e. The van der Waals surface area contributed by atoms with Gasteiger partial charge in [0.15, 0.2) is 0 Å². The van der Waals surface area contributed by atoms with Crippen LogP contribution in [0.1, 0.15) is 52.6 Å². The van der Waals surface area contributed by atoms with Crippen LogP contribution in [0.25, 0.3) is 10.4 Å². The van der Waals surface area contributed by atoms with Crippen LogP contribution >= 0.6 is 11.3 Å². The van der Waals surface area contributed by atoms with Gasteiger partial charge in [0.25, 0.3) is 5.91 Å². The molecule has 154 valence electrons. The first kappa shape index (κ1) is 21.3. The van der Waals surface area contributed by atoms with Crippen molar-refractivity contribution in [1.29, 1.82) is 0 Å². The molecule has 0 atom stereocenters. The molecule has 1 amide bonds. The number of benzene rings is 2. The number of nitrogens with one attached hydrogen (secondary N) is 1. The molecule has 0 spiro atoms. The van der Waals surface area contributed by atoms with Crippen molar-refractivity contribution >= 4 is 29.4 Å². The average Bonchev–Trinajstić information content (AvgIpc) is 3.08. The Labute approximate surface area is 178 Å². The summed E-state index contributed by atoms with van der Waals surface area (Å²) in [6.07, 6.45) is 1.38. The van der Waals surface area contributed by atoms with Crippen LogP contribution in [0.2, 0.25) is 0 Å². The summed E-state index contributed by atoms with van der Waals surface area (Å²) >= 11 is 1.39. The highest BCUT2D eigenvalue weighted by Crippen LogP contribution is 2.38. The Bertz CT molecular complexity index is 1090. The van der Waals surface area contributed by atoms with Crippen molar-refractivity contribution in [2.24, 2.45) is 5.10 Å². The molecule has 0 aliphatic rings. The molecular weight excluding hydrogens is 400 g/mol. The lowest BCUT2D eigenvalue weighted by molar-refractivity contribution is 0.0696. The van der Waals surface area contributed by atoms with Gasteiger partial charge in [-0.2, -0.15) is 5.10 Å². The first-order valence-electron chi connectivity index (χ1n) is 9.25. The molecule has 30 heavy (non-hydrogen) atoms. The number of carbonyl (C=O) groups excluding carboxylic acids is 1. The van der Waals surface area contributed by atoms with Crippen molar-refractivity contribution < 1.29 is 19.8 Å². The molecule has 1 aromatic heterocycles. The normalized spacial score (nSPS) is 11.6. The van der Waals surface area contributed by atoms with Crippen LogP contribution in [0.5, 0.6) is 5.75 Å². The maximum atomic E-state index is 12.1. The van der Waals surface area contributed by atoms with Crippen LogP contribution in [0, 0.1) is 0 Å². The van der Waals surface area contributed by atoms with Crippen molar-refractivity contribution in [2.75, 3.05) is 0 Å². The zero-order valence-electron chi connectivity index (χ0n) is 16.8. The van der Waals surface area contributed by atoms with Crippen LogP contribution in [-0.4, -0.2) is 28.3 Å². The van der Waals surface area contributed by atoms with Gasteiger partial charge in [-0.1, -0.05) is 45.0 Å². The van der Waals surface area contributed by atoms with E-state index >= 15 is 0 Å². The fraction of sp³-hybridized carbons (Fsp3) is 0.174. The van der Waals surface area contributed by atoms with E-state index in [2.05, 4.69) is 43.4 Å². The molecule has 1 heterocycles. The lowest BCUT2D eigenvalue weighted by Crippen LogP contribution is -2.17. The van der Waals surface area contributed by atoms with Gasteiger partial charge in [-0.3, -0.25) is 4.79 Å². The van der Waals surface area contributed by atoms with E-state index < -0.39 is 11.9 Å². The largest absolute Gasteiger partial charge is 0.506 e. The summed E-state index contributed by atoms with van der Waals surface area (Å²) in [5.74, 6) is -1.43. The molecule has 7 heteroatoms. The van der Waals surface area contributed by atoms with Gasteiger partial charge in [0.1, 0.15) is 5.75 Å². The summed E-state index contributed by atoms with van der Waals surface area (Å²) in [5, 5.41) is 25.1. The highest BCUT2D eigenvalue weighted by Gasteiger charge is 2.15.